The highest BCUT2D eigenvalue weighted by Gasteiger charge is 2.30. The summed E-state index contributed by atoms with van der Waals surface area (Å²) >= 11 is 0. The summed E-state index contributed by atoms with van der Waals surface area (Å²) in [6.45, 7) is 4.40. The maximum absolute atomic E-state index is 12.6. The molecule has 29 heavy (non-hydrogen) atoms. The molecule has 0 spiro atoms. The standard InChI is InChI=1S/C23H26N2O4/c1-23(2,22(28)29)18-8-10-19(11-9-18)24-20(26)16-12-14-25(15-13-16)21(27)17-6-4-3-5-7-17/h3-11,16H,12-15H2,1-2H3,(H,24,26)(H,28,29). The number of benzene rings is 2. The first-order valence-corrected chi connectivity index (χ1v) is 9.78. The van der Waals surface area contributed by atoms with Crippen LogP contribution in [0.15, 0.2) is 54.6 Å². The van der Waals surface area contributed by atoms with Gasteiger partial charge in [0.25, 0.3) is 5.91 Å². The van der Waals surface area contributed by atoms with Gasteiger partial charge in [-0.15, -0.1) is 0 Å². The van der Waals surface area contributed by atoms with Crippen molar-refractivity contribution in [1.82, 2.24) is 4.90 Å². The molecule has 0 atom stereocenters. The lowest BCUT2D eigenvalue weighted by Gasteiger charge is -2.31. The molecule has 6 nitrogen and oxygen atoms in total. The number of aliphatic carboxylic acids is 1. The van der Waals surface area contributed by atoms with Crippen LogP contribution < -0.4 is 5.32 Å². The van der Waals surface area contributed by atoms with Crippen molar-refractivity contribution in [2.75, 3.05) is 18.4 Å². The van der Waals surface area contributed by atoms with E-state index in [0.717, 1.165) is 0 Å². The largest absolute Gasteiger partial charge is 0.481 e. The molecule has 2 aromatic carbocycles. The van der Waals surface area contributed by atoms with Crippen LogP contribution in [0.2, 0.25) is 0 Å². The SMILES string of the molecule is CC(C)(C(=O)O)c1ccc(NC(=O)C2CCN(C(=O)c3ccccc3)CC2)cc1. The van der Waals surface area contributed by atoms with E-state index >= 15 is 0 Å². The van der Waals surface area contributed by atoms with Gasteiger partial charge in [0.2, 0.25) is 5.91 Å². The van der Waals surface area contributed by atoms with Gasteiger partial charge in [0.15, 0.2) is 0 Å². The number of amides is 2. The van der Waals surface area contributed by atoms with Gasteiger partial charge in [0.05, 0.1) is 5.41 Å². The van der Waals surface area contributed by atoms with Crippen LogP contribution in [0.5, 0.6) is 0 Å². The Balaban J connectivity index is 1.55. The zero-order valence-electron chi connectivity index (χ0n) is 16.7. The van der Waals surface area contributed by atoms with Gasteiger partial charge in [0.1, 0.15) is 0 Å². The second-order valence-electron chi connectivity index (χ2n) is 7.93. The number of nitrogens with one attached hydrogen (secondary N) is 1. The summed E-state index contributed by atoms with van der Waals surface area (Å²) in [6.07, 6.45) is 1.24. The topological polar surface area (TPSA) is 86.7 Å². The van der Waals surface area contributed by atoms with Crippen LogP contribution in [0.3, 0.4) is 0 Å². The Kier molecular flexibility index (Phi) is 6.01. The first-order chi connectivity index (χ1) is 13.8. The molecule has 0 radical (unpaired) electrons. The van der Waals surface area contributed by atoms with Crippen molar-refractivity contribution in [3.05, 3.63) is 65.7 Å². The van der Waals surface area contributed by atoms with E-state index in [-0.39, 0.29) is 17.7 Å². The van der Waals surface area contributed by atoms with Crippen molar-refractivity contribution in [3.63, 3.8) is 0 Å². The Labute approximate surface area is 170 Å². The van der Waals surface area contributed by atoms with E-state index in [1.165, 1.54) is 0 Å². The second kappa shape index (κ2) is 8.47. The first kappa shape index (κ1) is 20.6. The van der Waals surface area contributed by atoms with Crippen LogP contribution in [-0.4, -0.2) is 40.9 Å². The fourth-order valence-electron chi connectivity index (χ4n) is 3.45. The second-order valence-corrected chi connectivity index (χ2v) is 7.93. The molecule has 1 saturated heterocycles. The fourth-order valence-corrected chi connectivity index (χ4v) is 3.45. The normalized spacial score (nSPS) is 15.0. The molecule has 152 valence electrons. The van der Waals surface area contributed by atoms with Gasteiger partial charge < -0.3 is 15.3 Å². The molecule has 1 aliphatic rings. The van der Waals surface area contributed by atoms with Gasteiger partial charge >= 0.3 is 5.97 Å². The number of rotatable bonds is 5. The lowest BCUT2D eigenvalue weighted by molar-refractivity contribution is -0.142. The van der Waals surface area contributed by atoms with Crippen molar-refractivity contribution in [2.24, 2.45) is 5.92 Å². The van der Waals surface area contributed by atoms with E-state index in [0.29, 0.717) is 42.7 Å². The maximum atomic E-state index is 12.6. The molecule has 0 bridgehead atoms. The van der Waals surface area contributed by atoms with Crippen molar-refractivity contribution >= 4 is 23.5 Å². The Morgan fingerprint density at radius 1 is 0.966 bits per heavy atom. The van der Waals surface area contributed by atoms with Gasteiger partial charge in [-0.2, -0.15) is 0 Å². The third kappa shape index (κ3) is 4.65. The molecule has 6 heteroatoms. The van der Waals surface area contributed by atoms with E-state index in [4.69, 9.17) is 0 Å². The predicted octanol–water partition coefficient (Wildman–Crippen LogP) is 3.54. The molecule has 3 rings (SSSR count). The lowest BCUT2D eigenvalue weighted by atomic mass is 9.85. The number of carbonyl (C=O) groups excluding carboxylic acids is 2. The molecular formula is C23H26N2O4. The Morgan fingerprint density at radius 3 is 2.10 bits per heavy atom. The van der Waals surface area contributed by atoms with Crippen LogP contribution >= 0.6 is 0 Å². The van der Waals surface area contributed by atoms with Crippen LogP contribution in [-0.2, 0) is 15.0 Å². The molecule has 0 aliphatic carbocycles. The quantitative estimate of drug-likeness (QED) is 0.812. The van der Waals surface area contributed by atoms with Crippen molar-refractivity contribution in [3.8, 4) is 0 Å². The summed E-state index contributed by atoms with van der Waals surface area (Å²) in [5.74, 6) is -1.11. The smallest absolute Gasteiger partial charge is 0.313 e. The minimum atomic E-state index is -0.985. The van der Waals surface area contributed by atoms with E-state index in [1.807, 2.05) is 18.2 Å². The number of anilines is 1. The third-order valence-corrected chi connectivity index (χ3v) is 5.58. The summed E-state index contributed by atoms with van der Waals surface area (Å²) in [7, 11) is 0. The van der Waals surface area contributed by atoms with Crippen molar-refractivity contribution in [1.29, 1.82) is 0 Å². The number of hydrogen-bond donors (Lipinski definition) is 2. The molecule has 0 aromatic heterocycles. The summed E-state index contributed by atoms with van der Waals surface area (Å²) in [5.41, 5.74) is 0.999. The minimum absolute atomic E-state index is 0.00101. The Bertz CT molecular complexity index is 883. The molecule has 0 saturated carbocycles. The summed E-state index contributed by atoms with van der Waals surface area (Å²) in [5, 5.41) is 12.2. The summed E-state index contributed by atoms with van der Waals surface area (Å²) in [4.78, 5) is 38.3. The van der Waals surface area contributed by atoms with E-state index in [2.05, 4.69) is 5.32 Å². The third-order valence-electron chi connectivity index (χ3n) is 5.58. The van der Waals surface area contributed by atoms with Crippen LogP contribution in [0.25, 0.3) is 0 Å². The minimum Gasteiger partial charge on any atom is -0.481 e. The van der Waals surface area contributed by atoms with E-state index in [1.54, 1.807) is 55.1 Å². The number of carboxylic acid groups (broad SMARTS) is 1. The molecule has 2 amide bonds. The molecule has 2 N–H and O–H groups in total. The van der Waals surface area contributed by atoms with Crippen LogP contribution in [0, 0.1) is 5.92 Å². The number of carbonyl (C=O) groups is 3. The molecule has 2 aromatic rings. The highest BCUT2D eigenvalue weighted by molar-refractivity contribution is 5.95. The molecular weight excluding hydrogens is 368 g/mol. The van der Waals surface area contributed by atoms with Crippen molar-refractivity contribution < 1.29 is 19.5 Å². The molecule has 1 heterocycles. The molecule has 1 aliphatic heterocycles. The van der Waals surface area contributed by atoms with Gasteiger partial charge in [-0.25, -0.2) is 0 Å². The van der Waals surface area contributed by atoms with E-state index in [9.17, 15) is 19.5 Å². The number of hydrogen-bond acceptors (Lipinski definition) is 3. The number of nitrogens with zero attached hydrogens (tertiary/aromatic N) is 1. The Hall–Kier alpha value is -3.15. The predicted molar refractivity (Wildman–Crippen MR) is 111 cm³/mol. The maximum Gasteiger partial charge on any atom is 0.313 e. The van der Waals surface area contributed by atoms with Gasteiger partial charge in [-0.1, -0.05) is 30.3 Å². The number of likely N-dealkylation sites (tertiary alicyclic amines) is 1. The zero-order chi connectivity index (χ0) is 21.0. The average Bonchev–Trinajstić information content (AvgIpc) is 2.74. The highest BCUT2D eigenvalue weighted by Crippen LogP contribution is 2.26. The zero-order valence-corrected chi connectivity index (χ0v) is 16.7. The van der Waals surface area contributed by atoms with E-state index < -0.39 is 11.4 Å². The summed E-state index contributed by atoms with van der Waals surface area (Å²) in [6, 6.07) is 16.1. The first-order valence-electron chi connectivity index (χ1n) is 9.78. The highest BCUT2D eigenvalue weighted by atomic mass is 16.4. The van der Waals surface area contributed by atoms with Gasteiger partial charge in [-0.05, 0) is 56.5 Å². The molecule has 0 unspecified atom stereocenters. The Morgan fingerprint density at radius 2 is 1.55 bits per heavy atom. The number of piperidine rings is 1. The number of carboxylic acids is 1. The van der Waals surface area contributed by atoms with Crippen LogP contribution in [0.1, 0.15) is 42.6 Å². The molecule has 1 fully saturated rings. The summed E-state index contributed by atoms with van der Waals surface area (Å²) < 4.78 is 0. The van der Waals surface area contributed by atoms with Gasteiger partial charge in [-0.3, -0.25) is 14.4 Å². The monoisotopic (exact) mass is 394 g/mol. The van der Waals surface area contributed by atoms with Crippen molar-refractivity contribution in [2.45, 2.75) is 32.1 Å². The lowest BCUT2D eigenvalue weighted by Crippen LogP contribution is -2.41. The van der Waals surface area contributed by atoms with Gasteiger partial charge in [0, 0.05) is 30.3 Å². The van der Waals surface area contributed by atoms with Crippen LogP contribution in [0.4, 0.5) is 5.69 Å². The average molecular weight is 394 g/mol. The fraction of sp³-hybridized carbons (Fsp3) is 0.348.